The van der Waals surface area contributed by atoms with Crippen molar-refractivity contribution in [3.8, 4) is 11.4 Å². The van der Waals surface area contributed by atoms with Crippen LogP contribution in [0.2, 0.25) is 0 Å². The lowest BCUT2D eigenvalue weighted by Crippen LogP contribution is -2.48. The van der Waals surface area contributed by atoms with Crippen molar-refractivity contribution in [2.75, 3.05) is 11.6 Å². The molecule has 1 fully saturated rings. The van der Waals surface area contributed by atoms with Crippen LogP contribution in [0.5, 0.6) is 0 Å². The van der Waals surface area contributed by atoms with Crippen LogP contribution in [-0.4, -0.2) is 48.5 Å². The summed E-state index contributed by atoms with van der Waals surface area (Å²) in [6.45, 7) is 4.23. The number of nitrogens with zero attached hydrogens (tertiary/aromatic N) is 5. The number of pyridine rings is 1. The molecule has 0 radical (unpaired) electrons. The summed E-state index contributed by atoms with van der Waals surface area (Å²) in [5, 5.41) is 8.74. The summed E-state index contributed by atoms with van der Waals surface area (Å²) in [5.41, 5.74) is 0.795. The molecule has 0 unspecified atom stereocenters. The van der Waals surface area contributed by atoms with Crippen molar-refractivity contribution in [1.29, 1.82) is 0 Å². The van der Waals surface area contributed by atoms with Gasteiger partial charge in [0.15, 0.2) is 5.82 Å². The van der Waals surface area contributed by atoms with Crippen LogP contribution >= 0.6 is 11.8 Å². The first kappa shape index (κ1) is 16.8. The van der Waals surface area contributed by atoms with E-state index < -0.39 is 0 Å². The monoisotopic (exact) mass is 346 g/mol. The predicted molar refractivity (Wildman–Crippen MR) is 93.7 cm³/mol. The van der Waals surface area contributed by atoms with Crippen molar-refractivity contribution >= 4 is 17.7 Å². The summed E-state index contributed by atoms with van der Waals surface area (Å²) >= 11 is 1.32. The molecule has 0 saturated carbocycles. The maximum atomic E-state index is 12.6. The number of thioether (sulfide) groups is 1. The van der Waals surface area contributed by atoms with Gasteiger partial charge in [0.05, 0.1) is 5.75 Å². The van der Waals surface area contributed by atoms with Gasteiger partial charge in [0.2, 0.25) is 11.1 Å². The van der Waals surface area contributed by atoms with Crippen LogP contribution in [0.25, 0.3) is 11.4 Å². The lowest BCUT2D eigenvalue weighted by molar-refractivity contribution is -0.134. The first-order valence-electron chi connectivity index (χ1n) is 8.12. The summed E-state index contributed by atoms with van der Waals surface area (Å²) < 4.78 is 1.41. The highest BCUT2D eigenvalue weighted by Gasteiger charge is 2.29. The molecule has 1 aliphatic rings. The van der Waals surface area contributed by atoms with Crippen LogP contribution in [-0.2, 0) is 4.79 Å². The average molecular weight is 346 g/mol. The Kier molecular flexibility index (Phi) is 5.03. The largest absolute Gasteiger partial charge is 0.337 e. The van der Waals surface area contributed by atoms with Gasteiger partial charge in [0.25, 0.3) is 0 Å². The third-order valence-corrected chi connectivity index (χ3v) is 5.32. The summed E-state index contributed by atoms with van der Waals surface area (Å²) in [6.07, 6.45) is 6.70. The van der Waals surface area contributed by atoms with Crippen molar-refractivity contribution in [2.24, 2.45) is 0 Å². The van der Waals surface area contributed by atoms with Gasteiger partial charge in [0.1, 0.15) is 0 Å². The van der Waals surface area contributed by atoms with Gasteiger partial charge in [-0.2, -0.15) is 0 Å². The number of hydrogen-bond donors (Lipinski definition) is 1. The highest BCUT2D eigenvalue weighted by Crippen LogP contribution is 2.25. The third-order valence-electron chi connectivity index (χ3n) is 4.39. The fraction of sp³-hybridized carbons (Fsp3) is 0.500. The van der Waals surface area contributed by atoms with Crippen LogP contribution < -0.4 is 5.84 Å². The zero-order chi connectivity index (χ0) is 17.1. The maximum absolute atomic E-state index is 12.6. The lowest BCUT2D eigenvalue weighted by Gasteiger charge is -2.39. The Bertz CT molecular complexity index is 694. The minimum Gasteiger partial charge on any atom is -0.337 e. The van der Waals surface area contributed by atoms with Crippen LogP contribution in [0.15, 0.2) is 29.7 Å². The van der Waals surface area contributed by atoms with Gasteiger partial charge >= 0.3 is 0 Å². The van der Waals surface area contributed by atoms with Crippen molar-refractivity contribution in [3.63, 3.8) is 0 Å². The molecule has 2 N–H and O–H groups in total. The van der Waals surface area contributed by atoms with Gasteiger partial charge in [-0.1, -0.05) is 11.8 Å². The molecule has 24 heavy (non-hydrogen) atoms. The fourth-order valence-corrected chi connectivity index (χ4v) is 3.91. The van der Waals surface area contributed by atoms with Gasteiger partial charge in [-0.25, -0.2) is 4.68 Å². The first-order chi connectivity index (χ1) is 11.6. The standard InChI is InChI=1S/C16H22N6OS/c1-11-5-3-6-12(2)21(11)14(23)10-24-16-20-19-15(22(16)17)13-7-4-8-18-9-13/h4,7-9,11-12H,3,5-6,10,17H2,1-2H3/t11-,12+. The molecule has 1 aliphatic heterocycles. The van der Waals surface area contributed by atoms with Gasteiger partial charge in [-0.3, -0.25) is 9.78 Å². The molecule has 0 aliphatic carbocycles. The molecule has 0 spiro atoms. The molecule has 7 nitrogen and oxygen atoms in total. The van der Waals surface area contributed by atoms with E-state index in [2.05, 4.69) is 29.0 Å². The number of carbonyl (C=O) groups is 1. The van der Waals surface area contributed by atoms with E-state index in [1.54, 1.807) is 12.4 Å². The number of likely N-dealkylation sites (tertiary alicyclic amines) is 1. The van der Waals surface area contributed by atoms with Gasteiger partial charge in [-0.15, -0.1) is 10.2 Å². The molecular weight excluding hydrogens is 324 g/mol. The molecule has 128 valence electrons. The molecule has 0 bridgehead atoms. The Balaban J connectivity index is 1.67. The summed E-state index contributed by atoms with van der Waals surface area (Å²) in [6, 6.07) is 4.28. The molecule has 2 atom stereocenters. The molecule has 3 rings (SSSR count). The maximum Gasteiger partial charge on any atom is 0.233 e. The predicted octanol–water partition coefficient (Wildman–Crippen LogP) is 1.94. The van der Waals surface area contributed by atoms with Gasteiger partial charge < -0.3 is 10.7 Å². The molecule has 1 amide bonds. The van der Waals surface area contributed by atoms with E-state index in [4.69, 9.17) is 5.84 Å². The number of piperidine rings is 1. The normalized spacial score (nSPS) is 21.0. The smallest absolute Gasteiger partial charge is 0.233 e. The molecular formula is C16H22N6OS. The Morgan fingerprint density at radius 1 is 1.33 bits per heavy atom. The van der Waals surface area contributed by atoms with E-state index >= 15 is 0 Å². The number of nitrogen functional groups attached to an aromatic ring is 1. The van der Waals surface area contributed by atoms with E-state index in [0.29, 0.717) is 28.8 Å². The van der Waals surface area contributed by atoms with Crippen LogP contribution in [0.3, 0.4) is 0 Å². The molecule has 1 saturated heterocycles. The van der Waals surface area contributed by atoms with E-state index in [1.807, 2.05) is 17.0 Å². The van der Waals surface area contributed by atoms with Crippen LogP contribution in [0.4, 0.5) is 0 Å². The highest BCUT2D eigenvalue weighted by atomic mass is 32.2. The Morgan fingerprint density at radius 2 is 2.08 bits per heavy atom. The van der Waals surface area contributed by atoms with Crippen LogP contribution in [0, 0.1) is 0 Å². The molecule has 3 heterocycles. The van der Waals surface area contributed by atoms with Gasteiger partial charge in [0, 0.05) is 30.0 Å². The van der Waals surface area contributed by atoms with E-state index in [-0.39, 0.29) is 5.91 Å². The van der Waals surface area contributed by atoms with Gasteiger partial charge in [-0.05, 0) is 45.2 Å². The van der Waals surface area contributed by atoms with E-state index in [0.717, 1.165) is 18.4 Å². The van der Waals surface area contributed by atoms with Crippen molar-refractivity contribution < 1.29 is 4.79 Å². The third kappa shape index (κ3) is 3.38. The van der Waals surface area contributed by atoms with Crippen molar-refractivity contribution in [2.45, 2.75) is 50.4 Å². The van der Waals surface area contributed by atoms with E-state index in [1.165, 1.54) is 22.9 Å². The molecule has 8 heteroatoms. The number of carbonyl (C=O) groups excluding carboxylic acids is 1. The molecule has 2 aromatic heterocycles. The number of hydrogen-bond acceptors (Lipinski definition) is 6. The number of nitrogens with two attached hydrogens (primary N) is 1. The number of rotatable bonds is 4. The molecule has 2 aromatic rings. The minimum absolute atomic E-state index is 0.130. The lowest BCUT2D eigenvalue weighted by atomic mass is 9.98. The topological polar surface area (TPSA) is 89.9 Å². The molecule has 0 aromatic carbocycles. The first-order valence-corrected chi connectivity index (χ1v) is 9.11. The van der Waals surface area contributed by atoms with E-state index in [9.17, 15) is 4.79 Å². The summed E-state index contributed by atoms with van der Waals surface area (Å²) in [4.78, 5) is 18.6. The number of aromatic nitrogens is 4. The zero-order valence-electron chi connectivity index (χ0n) is 13.9. The second-order valence-corrected chi connectivity index (χ2v) is 7.08. The fourth-order valence-electron chi connectivity index (χ4n) is 3.18. The second-order valence-electron chi connectivity index (χ2n) is 6.14. The van der Waals surface area contributed by atoms with Crippen molar-refractivity contribution in [1.82, 2.24) is 24.8 Å². The Morgan fingerprint density at radius 3 is 2.75 bits per heavy atom. The quantitative estimate of drug-likeness (QED) is 0.672. The zero-order valence-corrected chi connectivity index (χ0v) is 14.7. The summed E-state index contributed by atoms with van der Waals surface area (Å²) in [5.74, 6) is 7.06. The minimum atomic E-state index is 0.130. The Hall–Kier alpha value is -2.09. The number of amides is 1. The SMILES string of the molecule is C[C@@H]1CCC[C@H](C)N1C(=O)CSc1nnc(-c2cccnc2)n1N. The second kappa shape index (κ2) is 7.21. The average Bonchev–Trinajstić information content (AvgIpc) is 2.94. The Labute approximate surface area is 145 Å². The summed E-state index contributed by atoms with van der Waals surface area (Å²) in [7, 11) is 0. The van der Waals surface area contributed by atoms with Crippen molar-refractivity contribution in [3.05, 3.63) is 24.5 Å². The van der Waals surface area contributed by atoms with Crippen LogP contribution in [0.1, 0.15) is 33.1 Å². The highest BCUT2D eigenvalue weighted by molar-refractivity contribution is 7.99.